The summed E-state index contributed by atoms with van der Waals surface area (Å²) < 4.78 is 29.8. The molecule has 0 bridgehead atoms. The molecule has 3 heterocycles. The number of amides is 1. The number of fused-ring (bicyclic) bond motifs is 1. The number of carbonyl (C=O) groups excluding carboxylic acids is 2. The summed E-state index contributed by atoms with van der Waals surface area (Å²) in [5.74, 6) is -0.190. The van der Waals surface area contributed by atoms with E-state index in [2.05, 4.69) is 9.88 Å². The number of sulfone groups is 1. The minimum atomic E-state index is -3.37. The molecule has 2 aromatic carbocycles. The third-order valence-corrected chi connectivity index (χ3v) is 7.88. The molecule has 0 aliphatic carbocycles. The van der Waals surface area contributed by atoms with E-state index in [9.17, 15) is 18.0 Å². The number of nitrogens with zero attached hydrogens (tertiary/aromatic N) is 3. The Kier molecular flexibility index (Phi) is 7.08. The van der Waals surface area contributed by atoms with E-state index in [0.717, 1.165) is 37.0 Å². The summed E-state index contributed by atoms with van der Waals surface area (Å²) in [5.41, 5.74) is 3.17. The molecule has 1 amide bonds. The molecule has 2 fully saturated rings. The Balaban J connectivity index is 1.41. The number of carbonyl (C=O) groups is 2. The number of ketones is 1. The van der Waals surface area contributed by atoms with Gasteiger partial charge in [0.1, 0.15) is 0 Å². The van der Waals surface area contributed by atoms with E-state index in [1.54, 1.807) is 48.5 Å². The first-order valence-corrected chi connectivity index (χ1v) is 14.3. The molecule has 3 aromatic rings. The summed E-state index contributed by atoms with van der Waals surface area (Å²) in [4.78, 5) is 34.3. The maximum atomic E-state index is 12.9. The van der Waals surface area contributed by atoms with Crippen molar-refractivity contribution in [3.63, 3.8) is 0 Å². The molecule has 0 atom stereocenters. The van der Waals surface area contributed by atoms with Crippen LogP contribution in [-0.4, -0.2) is 75.6 Å². The molecule has 37 heavy (non-hydrogen) atoms. The third kappa shape index (κ3) is 5.57. The zero-order valence-corrected chi connectivity index (χ0v) is 21.5. The molecule has 0 unspecified atom stereocenters. The van der Waals surface area contributed by atoms with Crippen LogP contribution in [0.15, 0.2) is 59.5 Å². The Labute approximate surface area is 216 Å². The van der Waals surface area contributed by atoms with Gasteiger partial charge >= 0.3 is 0 Å². The zero-order valence-electron chi connectivity index (χ0n) is 20.7. The SMILES string of the molecule is CS(=O)(=O)c1ccc2nc(/C=C/C(=O)c3ccc(C(=O)N4CCCC4)cc3)cc(N3CCOCC3)c2c1. The summed E-state index contributed by atoms with van der Waals surface area (Å²) in [5, 5.41) is 0.742. The molecule has 0 spiro atoms. The molecule has 0 radical (unpaired) electrons. The van der Waals surface area contributed by atoms with Gasteiger partial charge in [0, 0.05) is 54.6 Å². The molecule has 1 aromatic heterocycles. The van der Waals surface area contributed by atoms with Crippen LogP contribution in [0.4, 0.5) is 5.69 Å². The van der Waals surface area contributed by atoms with Gasteiger partial charge in [-0.1, -0.05) is 12.1 Å². The number of morpholine rings is 1. The fourth-order valence-corrected chi connectivity index (χ4v) is 5.37. The number of allylic oxidation sites excluding steroid dienone is 1. The van der Waals surface area contributed by atoms with E-state index in [4.69, 9.17) is 4.74 Å². The van der Waals surface area contributed by atoms with Gasteiger partial charge in [0.25, 0.3) is 5.91 Å². The monoisotopic (exact) mass is 519 g/mol. The lowest BCUT2D eigenvalue weighted by Gasteiger charge is -2.30. The Hall–Kier alpha value is -3.56. The minimum Gasteiger partial charge on any atom is -0.378 e. The molecule has 5 rings (SSSR count). The predicted octanol–water partition coefficient (Wildman–Crippen LogP) is 3.61. The molecule has 9 heteroatoms. The largest absolute Gasteiger partial charge is 0.378 e. The standard InChI is InChI=1S/C28H29N3O5S/c1-37(34,35)23-9-10-25-24(19-23)26(30-14-16-36-17-15-30)18-22(29-25)8-11-27(32)20-4-6-21(7-5-20)28(33)31-12-2-3-13-31/h4-11,18-19H,2-3,12-17H2,1H3/b11-8+. The summed E-state index contributed by atoms with van der Waals surface area (Å²) in [6.45, 7) is 4.07. The average Bonchev–Trinajstić information content (AvgIpc) is 3.46. The van der Waals surface area contributed by atoms with Crippen LogP contribution in [0.25, 0.3) is 17.0 Å². The molecular formula is C28H29N3O5S. The number of anilines is 1. The van der Waals surface area contributed by atoms with E-state index in [-0.39, 0.29) is 16.6 Å². The fraction of sp³-hybridized carbons (Fsp3) is 0.321. The highest BCUT2D eigenvalue weighted by atomic mass is 32.2. The maximum Gasteiger partial charge on any atom is 0.253 e. The normalized spacial score (nSPS) is 16.6. The van der Waals surface area contributed by atoms with Gasteiger partial charge in [-0.05, 0) is 61.4 Å². The van der Waals surface area contributed by atoms with Gasteiger partial charge in [-0.15, -0.1) is 0 Å². The van der Waals surface area contributed by atoms with Crippen LogP contribution in [0.2, 0.25) is 0 Å². The highest BCUT2D eigenvalue weighted by Crippen LogP contribution is 2.30. The number of rotatable bonds is 6. The summed E-state index contributed by atoms with van der Waals surface area (Å²) in [6.07, 6.45) is 6.39. The molecule has 8 nitrogen and oxygen atoms in total. The highest BCUT2D eigenvalue weighted by molar-refractivity contribution is 7.90. The maximum absolute atomic E-state index is 12.9. The van der Waals surface area contributed by atoms with Gasteiger partial charge in [-0.2, -0.15) is 0 Å². The number of hydrogen-bond acceptors (Lipinski definition) is 7. The number of pyridine rings is 1. The first kappa shape index (κ1) is 25.1. The number of likely N-dealkylation sites (tertiary alicyclic amines) is 1. The second kappa shape index (κ2) is 10.4. The van der Waals surface area contributed by atoms with Gasteiger partial charge < -0.3 is 14.5 Å². The van der Waals surface area contributed by atoms with E-state index in [1.807, 2.05) is 11.0 Å². The summed E-state index contributed by atoms with van der Waals surface area (Å²) >= 11 is 0. The second-order valence-corrected chi connectivity index (χ2v) is 11.4. The van der Waals surface area contributed by atoms with Crippen LogP contribution >= 0.6 is 0 Å². The van der Waals surface area contributed by atoms with Crippen molar-refractivity contribution in [1.29, 1.82) is 0 Å². The molecule has 192 valence electrons. The third-order valence-electron chi connectivity index (χ3n) is 6.77. The summed E-state index contributed by atoms with van der Waals surface area (Å²) in [6, 6.07) is 13.5. The fourth-order valence-electron chi connectivity index (χ4n) is 4.73. The number of aromatic nitrogens is 1. The highest BCUT2D eigenvalue weighted by Gasteiger charge is 2.20. The Morgan fingerprint density at radius 1 is 0.919 bits per heavy atom. The number of ether oxygens (including phenoxy) is 1. The van der Waals surface area contributed by atoms with Crippen LogP contribution in [0, 0.1) is 0 Å². The molecule has 2 saturated heterocycles. The van der Waals surface area contributed by atoms with Crippen molar-refractivity contribution in [3.05, 3.63) is 71.4 Å². The van der Waals surface area contributed by atoms with Gasteiger partial charge in [0.15, 0.2) is 15.6 Å². The molecule has 2 aliphatic rings. The van der Waals surface area contributed by atoms with Gasteiger partial charge in [-0.3, -0.25) is 9.59 Å². The smallest absolute Gasteiger partial charge is 0.253 e. The van der Waals surface area contributed by atoms with Crippen molar-refractivity contribution in [2.24, 2.45) is 0 Å². The van der Waals surface area contributed by atoms with E-state index in [1.165, 1.54) is 12.3 Å². The quantitative estimate of drug-likeness (QED) is 0.363. The van der Waals surface area contributed by atoms with Gasteiger partial charge in [-0.25, -0.2) is 13.4 Å². The van der Waals surface area contributed by atoms with Crippen molar-refractivity contribution in [1.82, 2.24) is 9.88 Å². The second-order valence-electron chi connectivity index (χ2n) is 9.39. The van der Waals surface area contributed by atoms with E-state index >= 15 is 0 Å². The Morgan fingerprint density at radius 3 is 2.27 bits per heavy atom. The number of benzene rings is 2. The minimum absolute atomic E-state index is 0.00192. The topological polar surface area (TPSA) is 96.9 Å². The lowest BCUT2D eigenvalue weighted by molar-refractivity contribution is 0.0792. The van der Waals surface area contributed by atoms with Crippen molar-refractivity contribution < 1.29 is 22.7 Å². The first-order valence-electron chi connectivity index (χ1n) is 12.4. The Morgan fingerprint density at radius 2 is 1.59 bits per heavy atom. The lowest BCUT2D eigenvalue weighted by atomic mass is 10.1. The van der Waals surface area contributed by atoms with E-state index < -0.39 is 9.84 Å². The van der Waals surface area contributed by atoms with Crippen LogP contribution < -0.4 is 4.90 Å². The molecule has 2 aliphatic heterocycles. The van der Waals surface area contributed by atoms with Crippen molar-refractivity contribution >= 4 is 44.2 Å². The van der Waals surface area contributed by atoms with Crippen molar-refractivity contribution in [3.8, 4) is 0 Å². The zero-order chi connectivity index (χ0) is 26.0. The predicted molar refractivity (Wildman–Crippen MR) is 143 cm³/mol. The van der Waals surface area contributed by atoms with Gasteiger partial charge in [0.2, 0.25) is 0 Å². The molecule has 0 saturated carbocycles. The van der Waals surface area contributed by atoms with Crippen molar-refractivity contribution in [2.75, 3.05) is 50.5 Å². The van der Waals surface area contributed by atoms with Crippen molar-refractivity contribution in [2.45, 2.75) is 17.7 Å². The van der Waals surface area contributed by atoms with Gasteiger partial charge in [0.05, 0.1) is 29.3 Å². The molecule has 0 N–H and O–H groups in total. The average molecular weight is 520 g/mol. The van der Waals surface area contributed by atoms with Crippen LogP contribution in [-0.2, 0) is 14.6 Å². The van der Waals surface area contributed by atoms with Crippen LogP contribution in [0.3, 0.4) is 0 Å². The number of hydrogen-bond donors (Lipinski definition) is 0. The summed E-state index contributed by atoms with van der Waals surface area (Å²) in [7, 11) is -3.37. The molecular weight excluding hydrogens is 490 g/mol. The van der Waals surface area contributed by atoms with Crippen LogP contribution in [0.1, 0.15) is 39.3 Å². The Bertz CT molecular complexity index is 1470. The first-order chi connectivity index (χ1) is 17.8. The van der Waals surface area contributed by atoms with Crippen LogP contribution in [0.5, 0.6) is 0 Å². The lowest BCUT2D eigenvalue weighted by Crippen LogP contribution is -2.36. The van der Waals surface area contributed by atoms with E-state index in [0.29, 0.717) is 48.6 Å².